The molecule has 2 aliphatic heterocycles. The molecule has 2 aromatic carbocycles. The summed E-state index contributed by atoms with van der Waals surface area (Å²) >= 11 is 0. The fourth-order valence-corrected chi connectivity index (χ4v) is 6.66. The topological polar surface area (TPSA) is 111 Å². The van der Waals surface area contributed by atoms with Gasteiger partial charge in [-0.3, -0.25) is 14.5 Å². The summed E-state index contributed by atoms with van der Waals surface area (Å²) in [6, 6.07) is 14.4. The Balaban J connectivity index is 1.49. The molecule has 0 radical (unpaired) electrons. The molecule has 0 aliphatic carbocycles. The fourth-order valence-electron chi connectivity index (χ4n) is 5.59. The summed E-state index contributed by atoms with van der Waals surface area (Å²) in [5.41, 5.74) is 3.41. The zero-order chi connectivity index (χ0) is 35.2. The molecule has 2 unspecified atom stereocenters. The number of nitrogens with zero attached hydrogens (tertiary/aromatic N) is 3. The number of fused-ring (bicyclic) bond motifs is 1. The third-order valence-corrected chi connectivity index (χ3v) is 9.37. The Morgan fingerprint density at radius 1 is 1.04 bits per heavy atom. The maximum Gasteiger partial charge on any atom is 0.413 e. The van der Waals surface area contributed by atoms with E-state index in [-0.39, 0.29) is 29.3 Å². The van der Waals surface area contributed by atoms with Gasteiger partial charge in [0.05, 0.1) is 32.1 Å². The number of hydrogen-bond donors (Lipinski definition) is 1. The van der Waals surface area contributed by atoms with Gasteiger partial charge in [-0.2, -0.15) is 0 Å². The van der Waals surface area contributed by atoms with Crippen molar-refractivity contribution < 1.29 is 28.5 Å². The van der Waals surface area contributed by atoms with Crippen LogP contribution in [-0.4, -0.2) is 86.9 Å². The van der Waals surface area contributed by atoms with E-state index in [0.717, 1.165) is 60.3 Å². The summed E-state index contributed by atoms with van der Waals surface area (Å²) in [6.07, 6.45) is 8.45. The van der Waals surface area contributed by atoms with E-state index in [1.807, 2.05) is 56.0 Å². The first-order valence-electron chi connectivity index (χ1n) is 17.5. The monoisotopic (exact) mass is 694 g/mol. The molecule has 0 saturated carbocycles. The molecule has 49 heavy (non-hydrogen) atoms. The zero-order valence-corrected chi connectivity index (χ0v) is 30.9. The second-order valence-corrected chi connectivity index (χ2v) is 14.9. The van der Waals surface area contributed by atoms with E-state index in [1.165, 1.54) is 0 Å². The van der Waals surface area contributed by atoms with Crippen LogP contribution in [-0.2, 0) is 34.4 Å². The summed E-state index contributed by atoms with van der Waals surface area (Å²) < 4.78 is 27.4. The number of carbonyl (C=O) groups is 2. The van der Waals surface area contributed by atoms with Crippen molar-refractivity contribution in [2.24, 2.45) is 9.36 Å². The van der Waals surface area contributed by atoms with Gasteiger partial charge in [0.1, 0.15) is 11.4 Å². The molecule has 0 aromatic heterocycles. The molecule has 11 heteroatoms. The Morgan fingerprint density at radius 3 is 2.53 bits per heavy atom. The van der Waals surface area contributed by atoms with Crippen molar-refractivity contribution in [1.82, 2.24) is 10.2 Å². The van der Waals surface area contributed by atoms with Crippen LogP contribution in [0.25, 0.3) is 17.2 Å². The Hall–Kier alpha value is -3.38. The summed E-state index contributed by atoms with van der Waals surface area (Å²) in [6.45, 7) is 13.9. The lowest BCUT2D eigenvalue weighted by atomic mass is 10.0. The van der Waals surface area contributed by atoms with Gasteiger partial charge in [0, 0.05) is 42.1 Å². The van der Waals surface area contributed by atoms with Crippen LogP contribution in [0.5, 0.6) is 0 Å². The van der Waals surface area contributed by atoms with Crippen molar-refractivity contribution in [1.29, 1.82) is 0 Å². The number of rotatable bonds is 14. The zero-order valence-electron chi connectivity index (χ0n) is 30.1. The molecule has 1 N–H and O–H groups in total. The van der Waals surface area contributed by atoms with E-state index < -0.39 is 11.7 Å². The van der Waals surface area contributed by atoms with Gasteiger partial charge in [-0.1, -0.05) is 48.8 Å². The molecule has 1 saturated heterocycles. The van der Waals surface area contributed by atoms with Crippen molar-refractivity contribution in [2.75, 3.05) is 52.3 Å². The van der Waals surface area contributed by atoms with E-state index in [4.69, 9.17) is 28.3 Å². The largest absolute Gasteiger partial charge is 0.444 e. The van der Waals surface area contributed by atoms with Gasteiger partial charge in [-0.25, -0.2) is 9.79 Å². The van der Waals surface area contributed by atoms with Gasteiger partial charge >= 0.3 is 6.09 Å². The van der Waals surface area contributed by atoms with Crippen molar-refractivity contribution in [3.8, 4) is 11.1 Å². The molecule has 0 spiro atoms. The van der Waals surface area contributed by atoms with E-state index in [2.05, 4.69) is 43.6 Å². The van der Waals surface area contributed by atoms with Crippen LogP contribution in [0.4, 0.5) is 10.5 Å². The molecule has 268 valence electrons. The van der Waals surface area contributed by atoms with Crippen molar-refractivity contribution >= 4 is 40.3 Å². The standard InChI is InChI=1S/C38H54N4O6S/c1-7-18-42(19-8-2)36(43)31-24-30-16-15-29(26-33(30)40-34(27-31)41-37(44)48-38(3,4)5)28-12-11-13-32(25-28)49(6)39-17-21-45-22-23-47-35-14-9-10-20-46-35/h11-13,15-16,24-26,35H,7-10,14,17-23,27H2,1-6H3,(H,40,41,44). The number of aliphatic imine (C=N–C) groups is 1. The van der Waals surface area contributed by atoms with Crippen molar-refractivity contribution in [3.63, 3.8) is 0 Å². The van der Waals surface area contributed by atoms with Crippen LogP contribution in [0.1, 0.15) is 78.7 Å². The quantitative estimate of drug-likeness (QED) is 0.203. The Bertz CT molecular complexity index is 1500. The molecular weight excluding hydrogens is 641 g/mol. The molecule has 2 amide bonds. The van der Waals surface area contributed by atoms with Crippen LogP contribution in [0.2, 0.25) is 0 Å². The Kier molecular flexibility index (Phi) is 15.0. The predicted molar refractivity (Wildman–Crippen MR) is 197 cm³/mol. The van der Waals surface area contributed by atoms with Gasteiger partial charge in [0.2, 0.25) is 5.91 Å². The normalized spacial score (nSPS) is 17.0. The molecule has 10 nitrogen and oxygen atoms in total. The number of carbonyl (C=O) groups excluding carboxylic acids is 2. The molecule has 2 atom stereocenters. The van der Waals surface area contributed by atoms with E-state index in [1.54, 1.807) is 0 Å². The maximum absolute atomic E-state index is 13.7. The number of benzene rings is 2. The molecule has 2 heterocycles. The number of nitrogens with one attached hydrogen (secondary N) is 1. The number of ether oxygens (including phenoxy) is 4. The third kappa shape index (κ3) is 12.5. The first-order valence-corrected chi connectivity index (χ1v) is 19.1. The first kappa shape index (κ1) is 38.4. The first-order chi connectivity index (χ1) is 23.6. The number of amides is 2. The highest BCUT2D eigenvalue weighted by molar-refractivity contribution is 7.86. The third-order valence-electron chi connectivity index (χ3n) is 7.87. The molecule has 2 aromatic rings. The molecular formula is C38H54N4O6S. The molecule has 2 aliphatic rings. The van der Waals surface area contributed by atoms with Crippen LogP contribution in [0.15, 0.2) is 62.3 Å². The average molecular weight is 695 g/mol. The minimum absolute atomic E-state index is 0.0430. The molecule has 0 bridgehead atoms. The average Bonchev–Trinajstić information content (AvgIpc) is 3.25. The second-order valence-electron chi connectivity index (χ2n) is 13.2. The number of amidine groups is 1. The number of hydrogen-bond acceptors (Lipinski definition) is 8. The Labute approximate surface area is 294 Å². The van der Waals surface area contributed by atoms with Crippen molar-refractivity contribution in [3.05, 3.63) is 53.6 Å². The van der Waals surface area contributed by atoms with E-state index in [9.17, 15) is 9.59 Å². The summed E-state index contributed by atoms with van der Waals surface area (Å²) in [5, 5.41) is 2.82. The molecule has 4 rings (SSSR count). The van der Waals surface area contributed by atoms with Gasteiger partial charge in [-0.15, -0.1) is 0 Å². The highest BCUT2D eigenvalue weighted by atomic mass is 32.2. The smallest absolute Gasteiger partial charge is 0.413 e. The van der Waals surface area contributed by atoms with Crippen LogP contribution >= 0.6 is 0 Å². The second kappa shape index (κ2) is 19.1. The minimum Gasteiger partial charge on any atom is -0.444 e. The van der Waals surface area contributed by atoms with E-state index in [0.29, 0.717) is 56.6 Å². The minimum atomic E-state index is -0.672. The lowest BCUT2D eigenvalue weighted by Gasteiger charge is -2.23. The maximum atomic E-state index is 13.7. The van der Waals surface area contributed by atoms with Gasteiger partial charge in [0.25, 0.3) is 0 Å². The highest BCUT2D eigenvalue weighted by Gasteiger charge is 2.25. The van der Waals surface area contributed by atoms with Gasteiger partial charge in [0.15, 0.2) is 6.29 Å². The molecule has 1 fully saturated rings. The van der Waals surface area contributed by atoms with Crippen LogP contribution in [0, 0.1) is 0 Å². The van der Waals surface area contributed by atoms with Crippen LogP contribution in [0.3, 0.4) is 0 Å². The lowest BCUT2D eigenvalue weighted by Crippen LogP contribution is -2.38. The highest BCUT2D eigenvalue weighted by Crippen LogP contribution is 2.33. The summed E-state index contributed by atoms with van der Waals surface area (Å²) in [5.74, 6) is 0.329. The van der Waals surface area contributed by atoms with Gasteiger partial charge < -0.3 is 23.8 Å². The van der Waals surface area contributed by atoms with Crippen molar-refractivity contribution in [2.45, 2.75) is 89.9 Å². The summed E-state index contributed by atoms with van der Waals surface area (Å²) in [4.78, 5) is 34.4. The lowest BCUT2D eigenvalue weighted by molar-refractivity contribution is -0.168. The van der Waals surface area contributed by atoms with E-state index >= 15 is 0 Å². The number of alkyl carbamates (subject to hydrolysis) is 1. The SMILES string of the molecule is CCCN(CCC)C(=O)C1=Cc2ccc(-c3cccc(S(C)=NCCOCCOC4CCCCO4)c3)cc2N=C(NC(=O)OC(C)(C)C)C1. The van der Waals surface area contributed by atoms with Gasteiger partial charge in [-0.05, 0) is 94.5 Å². The fraction of sp³-hybridized carbons (Fsp3) is 0.553. The predicted octanol–water partition coefficient (Wildman–Crippen LogP) is 7.69. The van der Waals surface area contributed by atoms with Crippen LogP contribution < -0.4 is 5.32 Å². The Morgan fingerprint density at radius 2 is 1.82 bits per heavy atom. The summed E-state index contributed by atoms with van der Waals surface area (Å²) in [7, 11) is -0.320.